The lowest BCUT2D eigenvalue weighted by molar-refractivity contribution is 0.0934. The number of carbonyl (C=O) groups is 1. The average Bonchev–Trinajstić information content (AvgIpc) is 3.18. The van der Waals surface area contributed by atoms with Crippen molar-refractivity contribution in [1.29, 1.82) is 0 Å². The number of thiazole rings is 1. The van der Waals surface area contributed by atoms with E-state index >= 15 is 0 Å². The Kier molecular flexibility index (Phi) is 6.71. The number of aryl methyl sites for hydroxylation is 1. The van der Waals surface area contributed by atoms with Crippen molar-refractivity contribution < 1.29 is 9.53 Å². The van der Waals surface area contributed by atoms with Crippen LogP contribution in [0.25, 0.3) is 10.8 Å². The van der Waals surface area contributed by atoms with Gasteiger partial charge in [0.25, 0.3) is 5.91 Å². The Morgan fingerprint density at radius 1 is 1.14 bits per heavy atom. The molecule has 1 unspecified atom stereocenters. The van der Waals surface area contributed by atoms with Crippen LogP contribution in [0.1, 0.15) is 43.2 Å². The third kappa shape index (κ3) is 5.60. The summed E-state index contributed by atoms with van der Waals surface area (Å²) in [4.78, 5) is 25.1. The molecule has 1 atom stereocenters. The smallest absolute Gasteiger partial charge is 0.270 e. The van der Waals surface area contributed by atoms with Gasteiger partial charge in [-0.25, -0.2) is 15.0 Å². The third-order valence-corrected chi connectivity index (χ3v) is 4.87. The van der Waals surface area contributed by atoms with Gasteiger partial charge in [0.15, 0.2) is 10.8 Å². The van der Waals surface area contributed by atoms with Crippen LogP contribution in [-0.4, -0.2) is 33.0 Å². The van der Waals surface area contributed by atoms with Gasteiger partial charge in [0.2, 0.25) is 0 Å². The van der Waals surface area contributed by atoms with Crippen molar-refractivity contribution in [3.63, 3.8) is 0 Å². The van der Waals surface area contributed by atoms with Crippen molar-refractivity contribution in [1.82, 2.24) is 20.3 Å². The molecule has 0 spiro atoms. The minimum absolute atomic E-state index is 0.0391. The van der Waals surface area contributed by atoms with E-state index in [0.717, 1.165) is 18.6 Å². The predicted molar refractivity (Wildman–Crippen MR) is 111 cm³/mol. The first-order chi connectivity index (χ1) is 13.5. The molecule has 3 rings (SSSR count). The minimum Gasteiger partial charge on any atom is -0.491 e. The number of benzene rings is 1. The number of nitrogens with one attached hydrogen (secondary N) is 1. The molecule has 0 aliphatic carbocycles. The molecule has 0 saturated carbocycles. The van der Waals surface area contributed by atoms with E-state index in [1.807, 2.05) is 32.9 Å². The zero-order valence-corrected chi connectivity index (χ0v) is 17.1. The Labute approximate surface area is 169 Å². The maximum Gasteiger partial charge on any atom is 0.270 e. The van der Waals surface area contributed by atoms with E-state index in [4.69, 9.17) is 4.74 Å². The minimum atomic E-state index is -0.174. The molecule has 28 heavy (non-hydrogen) atoms. The summed E-state index contributed by atoms with van der Waals surface area (Å²) in [5.74, 6) is 1.23. The maximum absolute atomic E-state index is 12.4. The predicted octanol–water partition coefficient (Wildman–Crippen LogP) is 4.14. The fourth-order valence-electron chi connectivity index (χ4n) is 2.65. The first-order valence-electron chi connectivity index (χ1n) is 9.30. The summed E-state index contributed by atoms with van der Waals surface area (Å²) in [6, 6.07) is 9.90. The van der Waals surface area contributed by atoms with Crippen molar-refractivity contribution in [2.45, 2.75) is 45.8 Å². The molecule has 7 heteroatoms. The summed E-state index contributed by atoms with van der Waals surface area (Å²) in [7, 11) is 0. The van der Waals surface area contributed by atoms with E-state index in [0.29, 0.717) is 16.5 Å². The first-order valence-corrected chi connectivity index (χ1v) is 10.2. The molecule has 0 saturated heterocycles. The van der Waals surface area contributed by atoms with Crippen molar-refractivity contribution >= 4 is 17.2 Å². The van der Waals surface area contributed by atoms with Gasteiger partial charge >= 0.3 is 0 Å². The number of rotatable bonds is 8. The van der Waals surface area contributed by atoms with Gasteiger partial charge in [-0.05, 0) is 57.4 Å². The van der Waals surface area contributed by atoms with E-state index in [9.17, 15) is 4.79 Å². The van der Waals surface area contributed by atoms with Crippen LogP contribution in [-0.2, 0) is 6.42 Å². The average molecular weight is 397 g/mol. The number of ether oxygens (including phenoxy) is 1. The summed E-state index contributed by atoms with van der Waals surface area (Å²) in [6.07, 6.45) is 5.21. The molecule has 0 radical (unpaired) electrons. The molecular formula is C21H24N4O2S. The van der Waals surface area contributed by atoms with Crippen LogP contribution in [0.2, 0.25) is 0 Å². The lowest BCUT2D eigenvalue weighted by Crippen LogP contribution is -2.33. The Bertz CT molecular complexity index is 894. The monoisotopic (exact) mass is 396 g/mol. The Hall–Kier alpha value is -2.80. The van der Waals surface area contributed by atoms with Gasteiger partial charge < -0.3 is 10.1 Å². The fraction of sp³-hybridized carbons (Fsp3) is 0.333. The van der Waals surface area contributed by atoms with Gasteiger partial charge in [-0.15, -0.1) is 11.3 Å². The standard InChI is InChI=1S/C21H24N4O2S/c1-14(2)27-17-9-7-16(8-10-17)6-5-15(3)24-20(26)18-13-28-21(25-18)19-22-11-4-12-23-19/h4,7-15H,5-6H2,1-3H3,(H,24,26). The summed E-state index contributed by atoms with van der Waals surface area (Å²) < 4.78 is 5.66. The molecule has 0 aliphatic heterocycles. The largest absolute Gasteiger partial charge is 0.491 e. The van der Waals surface area contributed by atoms with Crippen molar-refractivity contribution in [2.24, 2.45) is 0 Å². The van der Waals surface area contributed by atoms with Crippen LogP contribution in [0.15, 0.2) is 48.1 Å². The second-order valence-electron chi connectivity index (χ2n) is 6.83. The van der Waals surface area contributed by atoms with Crippen LogP contribution in [0, 0.1) is 0 Å². The molecule has 146 valence electrons. The Balaban J connectivity index is 1.50. The van der Waals surface area contributed by atoms with E-state index in [1.54, 1.807) is 23.8 Å². The SMILES string of the molecule is CC(CCc1ccc(OC(C)C)cc1)NC(=O)c1csc(-c2ncccn2)n1. The summed E-state index contributed by atoms with van der Waals surface area (Å²) in [5.41, 5.74) is 1.61. The number of hydrogen-bond donors (Lipinski definition) is 1. The van der Waals surface area contributed by atoms with Gasteiger partial charge in [-0.2, -0.15) is 0 Å². The highest BCUT2D eigenvalue weighted by Gasteiger charge is 2.15. The molecule has 1 N–H and O–H groups in total. The van der Waals surface area contributed by atoms with Crippen molar-refractivity contribution in [3.8, 4) is 16.6 Å². The quantitative estimate of drug-likeness (QED) is 0.619. The van der Waals surface area contributed by atoms with E-state index in [1.165, 1.54) is 16.9 Å². The summed E-state index contributed by atoms with van der Waals surface area (Å²) in [6.45, 7) is 6.02. The van der Waals surface area contributed by atoms with Gasteiger partial charge in [-0.1, -0.05) is 12.1 Å². The zero-order valence-electron chi connectivity index (χ0n) is 16.3. The van der Waals surface area contributed by atoms with Crippen LogP contribution in [0.4, 0.5) is 0 Å². The second-order valence-corrected chi connectivity index (χ2v) is 7.69. The third-order valence-electron chi connectivity index (χ3n) is 4.03. The molecule has 0 fully saturated rings. The molecule has 2 aromatic heterocycles. The molecule has 6 nitrogen and oxygen atoms in total. The van der Waals surface area contributed by atoms with E-state index < -0.39 is 0 Å². The van der Waals surface area contributed by atoms with Crippen LogP contribution in [0.3, 0.4) is 0 Å². The van der Waals surface area contributed by atoms with Gasteiger partial charge in [0.1, 0.15) is 11.4 Å². The lowest BCUT2D eigenvalue weighted by atomic mass is 10.1. The highest BCUT2D eigenvalue weighted by atomic mass is 32.1. The summed E-state index contributed by atoms with van der Waals surface area (Å²) in [5, 5.41) is 5.39. The molecule has 0 aliphatic rings. The van der Waals surface area contributed by atoms with Crippen molar-refractivity contribution in [2.75, 3.05) is 0 Å². The van der Waals surface area contributed by atoms with Gasteiger partial charge in [0.05, 0.1) is 6.10 Å². The second kappa shape index (κ2) is 9.41. The molecule has 3 aromatic rings. The molecular weight excluding hydrogens is 372 g/mol. The van der Waals surface area contributed by atoms with E-state index in [-0.39, 0.29) is 18.1 Å². The van der Waals surface area contributed by atoms with E-state index in [2.05, 4.69) is 32.4 Å². The Morgan fingerprint density at radius 3 is 2.54 bits per heavy atom. The first kappa shape index (κ1) is 19.9. The number of nitrogens with zero attached hydrogens (tertiary/aromatic N) is 3. The Morgan fingerprint density at radius 2 is 1.86 bits per heavy atom. The highest BCUT2D eigenvalue weighted by molar-refractivity contribution is 7.13. The number of amides is 1. The number of aromatic nitrogens is 3. The van der Waals surface area contributed by atoms with Crippen LogP contribution < -0.4 is 10.1 Å². The molecule has 1 amide bonds. The van der Waals surface area contributed by atoms with Gasteiger partial charge in [-0.3, -0.25) is 4.79 Å². The number of hydrogen-bond acceptors (Lipinski definition) is 6. The highest BCUT2D eigenvalue weighted by Crippen LogP contribution is 2.20. The normalized spacial score (nSPS) is 12.0. The maximum atomic E-state index is 12.4. The lowest BCUT2D eigenvalue weighted by Gasteiger charge is -2.14. The van der Waals surface area contributed by atoms with Gasteiger partial charge in [0, 0.05) is 23.8 Å². The summed E-state index contributed by atoms with van der Waals surface area (Å²) >= 11 is 1.36. The van der Waals surface area contributed by atoms with Crippen molar-refractivity contribution in [3.05, 3.63) is 59.4 Å². The van der Waals surface area contributed by atoms with Crippen LogP contribution in [0.5, 0.6) is 5.75 Å². The number of carbonyl (C=O) groups excluding carboxylic acids is 1. The fourth-order valence-corrected chi connectivity index (χ4v) is 3.40. The molecule has 0 bridgehead atoms. The van der Waals surface area contributed by atoms with Crippen LogP contribution >= 0.6 is 11.3 Å². The molecule has 2 heterocycles. The topological polar surface area (TPSA) is 77.0 Å². The molecule has 1 aromatic carbocycles. The zero-order chi connectivity index (χ0) is 19.9.